The van der Waals surface area contributed by atoms with Gasteiger partial charge in [0.25, 0.3) is 0 Å². The van der Waals surface area contributed by atoms with Crippen LogP contribution in [0.15, 0.2) is 66.7 Å². The Morgan fingerprint density at radius 3 is 2.36 bits per heavy atom. The predicted octanol–water partition coefficient (Wildman–Crippen LogP) is 5.11. The third-order valence-corrected chi connectivity index (χ3v) is 5.65. The third kappa shape index (κ3) is 4.41. The minimum absolute atomic E-state index is 0.0233. The van der Waals surface area contributed by atoms with E-state index in [2.05, 4.69) is 15.3 Å². The maximum Gasteiger partial charge on any atom is 0.244 e. The van der Waals surface area contributed by atoms with E-state index in [4.69, 9.17) is 0 Å². The number of H-pyrrole nitrogens is 1. The number of phenolic OH excluding ortho intramolecular Hbond substituents is 3. The molecule has 0 saturated heterocycles. The molecule has 9 heteroatoms. The number of para-hydroxylation sites is 1. The van der Waals surface area contributed by atoms with Gasteiger partial charge in [-0.2, -0.15) is 0 Å². The number of benzene rings is 3. The van der Waals surface area contributed by atoms with Crippen LogP contribution in [0.4, 0.5) is 8.78 Å². The summed E-state index contributed by atoms with van der Waals surface area (Å²) in [6.45, 7) is 0.0233. The lowest BCUT2D eigenvalue weighted by Gasteiger charge is -2.09. The summed E-state index contributed by atoms with van der Waals surface area (Å²) in [6.07, 6.45) is 2.55. The Labute approximate surface area is 203 Å². The van der Waals surface area contributed by atoms with Crippen molar-refractivity contribution in [2.75, 3.05) is 0 Å². The first-order chi connectivity index (χ1) is 17.3. The molecule has 2 aromatic heterocycles. The van der Waals surface area contributed by atoms with Gasteiger partial charge in [0.05, 0.1) is 23.4 Å². The second-order valence-corrected chi connectivity index (χ2v) is 8.17. The van der Waals surface area contributed by atoms with Gasteiger partial charge in [-0.15, -0.1) is 0 Å². The summed E-state index contributed by atoms with van der Waals surface area (Å²) in [5, 5.41) is 33.0. The third-order valence-electron chi connectivity index (χ3n) is 5.65. The summed E-state index contributed by atoms with van der Waals surface area (Å²) in [4.78, 5) is 20.2. The van der Waals surface area contributed by atoms with Crippen LogP contribution in [0, 0.1) is 11.6 Å². The molecule has 0 aliphatic carbocycles. The summed E-state index contributed by atoms with van der Waals surface area (Å²) in [5.41, 5.74) is 2.81. The summed E-state index contributed by atoms with van der Waals surface area (Å²) in [5.74, 6) is -3.64. The number of carbonyl (C=O) groups is 1. The Balaban J connectivity index is 1.47. The Hall–Kier alpha value is -4.92. The van der Waals surface area contributed by atoms with Gasteiger partial charge in [0.2, 0.25) is 5.91 Å². The number of aromatic amines is 1. The van der Waals surface area contributed by atoms with Crippen LogP contribution in [-0.4, -0.2) is 31.2 Å². The molecule has 0 radical (unpaired) electrons. The van der Waals surface area contributed by atoms with Gasteiger partial charge in [0.1, 0.15) is 11.6 Å². The van der Waals surface area contributed by atoms with E-state index in [-0.39, 0.29) is 12.1 Å². The van der Waals surface area contributed by atoms with Gasteiger partial charge < -0.3 is 25.6 Å². The van der Waals surface area contributed by atoms with Crippen LogP contribution in [0.25, 0.3) is 39.1 Å². The summed E-state index contributed by atoms with van der Waals surface area (Å²) in [6, 6.07) is 14.9. The van der Waals surface area contributed by atoms with Gasteiger partial charge in [-0.1, -0.05) is 18.2 Å². The first-order valence-corrected chi connectivity index (χ1v) is 10.9. The van der Waals surface area contributed by atoms with Crippen LogP contribution in [-0.2, 0) is 11.3 Å². The largest absolute Gasteiger partial charge is 0.504 e. The van der Waals surface area contributed by atoms with Gasteiger partial charge in [0, 0.05) is 34.0 Å². The van der Waals surface area contributed by atoms with Gasteiger partial charge in [-0.3, -0.25) is 4.79 Å². The quantitative estimate of drug-likeness (QED) is 0.174. The molecule has 0 bridgehead atoms. The van der Waals surface area contributed by atoms with Crippen molar-refractivity contribution in [3.63, 3.8) is 0 Å². The maximum atomic E-state index is 14.0. The van der Waals surface area contributed by atoms with Crippen LogP contribution in [0.3, 0.4) is 0 Å². The van der Waals surface area contributed by atoms with Gasteiger partial charge in [-0.25, -0.2) is 13.8 Å². The van der Waals surface area contributed by atoms with Crippen molar-refractivity contribution in [2.45, 2.75) is 6.54 Å². The van der Waals surface area contributed by atoms with E-state index in [1.807, 2.05) is 24.3 Å². The maximum absolute atomic E-state index is 14.0. The first kappa shape index (κ1) is 22.9. The molecule has 0 fully saturated rings. The smallest absolute Gasteiger partial charge is 0.244 e. The Bertz CT molecular complexity index is 1630. The number of aromatic hydroxyl groups is 3. The van der Waals surface area contributed by atoms with Crippen LogP contribution >= 0.6 is 0 Å². The van der Waals surface area contributed by atoms with E-state index >= 15 is 0 Å². The van der Waals surface area contributed by atoms with Crippen molar-refractivity contribution in [2.24, 2.45) is 0 Å². The molecule has 5 N–H and O–H groups in total. The van der Waals surface area contributed by atoms with Crippen molar-refractivity contribution in [1.29, 1.82) is 0 Å². The van der Waals surface area contributed by atoms with E-state index in [0.29, 0.717) is 22.5 Å². The Morgan fingerprint density at radius 2 is 1.64 bits per heavy atom. The number of amides is 1. The number of pyridine rings is 1. The molecule has 2 heterocycles. The van der Waals surface area contributed by atoms with Crippen molar-refractivity contribution in [1.82, 2.24) is 15.3 Å². The lowest BCUT2D eigenvalue weighted by Crippen LogP contribution is -2.21. The highest BCUT2D eigenvalue weighted by molar-refractivity contribution is 6.11. The minimum Gasteiger partial charge on any atom is -0.504 e. The summed E-state index contributed by atoms with van der Waals surface area (Å²) in [7, 11) is 0. The number of fused-ring (bicyclic) bond motifs is 3. The molecule has 0 unspecified atom stereocenters. The summed E-state index contributed by atoms with van der Waals surface area (Å²) >= 11 is 0. The molecule has 0 aliphatic rings. The molecule has 0 aliphatic heterocycles. The number of halogens is 2. The van der Waals surface area contributed by atoms with Gasteiger partial charge >= 0.3 is 0 Å². The zero-order chi connectivity index (χ0) is 25.4. The van der Waals surface area contributed by atoms with Crippen LogP contribution < -0.4 is 5.32 Å². The fourth-order valence-electron chi connectivity index (χ4n) is 4.02. The van der Waals surface area contributed by atoms with E-state index in [1.165, 1.54) is 36.4 Å². The van der Waals surface area contributed by atoms with E-state index in [0.717, 1.165) is 22.4 Å². The highest BCUT2D eigenvalue weighted by Gasteiger charge is 2.15. The second kappa shape index (κ2) is 9.03. The molecule has 7 nitrogen and oxygen atoms in total. The molecule has 5 rings (SSSR count). The number of nitrogens with zero attached hydrogens (tertiary/aromatic N) is 1. The lowest BCUT2D eigenvalue weighted by molar-refractivity contribution is -0.116. The number of hydrogen-bond acceptors (Lipinski definition) is 5. The first-order valence-electron chi connectivity index (χ1n) is 10.9. The molecule has 1 amide bonds. The van der Waals surface area contributed by atoms with Crippen molar-refractivity contribution in [3.8, 4) is 28.5 Å². The standard InChI is InChI=1S/C27H19F2N3O4/c28-16-9-15(10-17(29)11-16)25-26-20(19-3-1-2-4-21(19)32-26)12-18(31-25)13-30-24(35)6-5-14-7-22(33)27(36)23(34)8-14/h1-12,32-34,36H,13H2,(H,30,35)/b6-5+. The van der Waals surface area contributed by atoms with Crippen molar-refractivity contribution < 1.29 is 28.9 Å². The van der Waals surface area contributed by atoms with Crippen LogP contribution in [0.2, 0.25) is 0 Å². The zero-order valence-electron chi connectivity index (χ0n) is 18.6. The van der Waals surface area contributed by atoms with Gasteiger partial charge in [0.15, 0.2) is 17.2 Å². The Kier molecular flexibility index (Phi) is 5.73. The average Bonchev–Trinajstić information content (AvgIpc) is 3.22. The molecular weight excluding hydrogens is 468 g/mol. The number of phenols is 3. The molecular formula is C27H19F2N3O4. The van der Waals surface area contributed by atoms with Crippen LogP contribution in [0.5, 0.6) is 17.2 Å². The highest BCUT2D eigenvalue weighted by atomic mass is 19.1. The average molecular weight is 487 g/mol. The van der Waals surface area contributed by atoms with E-state index in [1.54, 1.807) is 6.07 Å². The van der Waals surface area contributed by atoms with E-state index in [9.17, 15) is 28.9 Å². The molecule has 0 saturated carbocycles. The lowest BCUT2D eigenvalue weighted by atomic mass is 10.1. The highest BCUT2D eigenvalue weighted by Crippen LogP contribution is 2.36. The molecule has 3 aromatic carbocycles. The fraction of sp³-hybridized carbons (Fsp3) is 0.0370. The minimum atomic E-state index is -0.730. The number of nitrogens with one attached hydrogen (secondary N) is 2. The van der Waals surface area contributed by atoms with Crippen LogP contribution in [0.1, 0.15) is 11.3 Å². The monoisotopic (exact) mass is 487 g/mol. The molecule has 5 aromatic rings. The second-order valence-electron chi connectivity index (χ2n) is 8.17. The summed E-state index contributed by atoms with van der Waals surface area (Å²) < 4.78 is 28.0. The number of aromatic nitrogens is 2. The molecule has 0 atom stereocenters. The van der Waals surface area contributed by atoms with Gasteiger partial charge in [-0.05, 0) is 48.0 Å². The number of hydrogen-bond donors (Lipinski definition) is 5. The SMILES string of the molecule is O=C(/C=C/c1cc(O)c(O)c(O)c1)NCc1cc2c([nH]c3ccccc32)c(-c2cc(F)cc(F)c2)n1. The number of carbonyl (C=O) groups excluding carboxylic acids is 1. The van der Waals surface area contributed by atoms with Crippen molar-refractivity contribution >= 4 is 33.8 Å². The molecule has 0 spiro atoms. The zero-order valence-corrected chi connectivity index (χ0v) is 18.6. The molecule has 36 heavy (non-hydrogen) atoms. The Morgan fingerprint density at radius 1 is 0.944 bits per heavy atom. The fourth-order valence-corrected chi connectivity index (χ4v) is 4.02. The normalized spacial score (nSPS) is 11.5. The predicted molar refractivity (Wildman–Crippen MR) is 131 cm³/mol. The topological polar surface area (TPSA) is 118 Å². The number of rotatable bonds is 5. The van der Waals surface area contributed by atoms with E-state index < -0.39 is 34.8 Å². The van der Waals surface area contributed by atoms with Crippen molar-refractivity contribution in [3.05, 3.63) is 89.6 Å². The molecule has 180 valence electrons.